The summed E-state index contributed by atoms with van der Waals surface area (Å²) in [5.74, 6) is -2.36. The number of hydrogen-bond donors (Lipinski definition) is 5. The molecule has 150 valence electrons. The number of aromatic amines is 1. The molecule has 13 nitrogen and oxygen atoms in total. The Hall–Kier alpha value is -2.81. The van der Waals surface area contributed by atoms with Crippen LogP contribution >= 0.6 is 0 Å². The van der Waals surface area contributed by atoms with Crippen molar-refractivity contribution < 1.29 is 43.5 Å². The summed E-state index contributed by atoms with van der Waals surface area (Å²) in [6, 6.07) is 0. The second-order valence-corrected chi connectivity index (χ2v) is 5.37. The molecule has 5 N–H and O–H groups in total. The average molecular weight is 393 g/mol. The van der Waals surface area contributed by atoms with Gasteiger partial charge in [-0.2, -0.15) is 4.39 Å². The number of rotatable bonds is 4. The van der Waals surface area contributed by atoms with E-state index < -0.39 is 66.5 Å². The van der Waals surface area contributed by atoms with Gasteiger partial charge in [-0.3, -0.25) is 14.3 Å². The maximum atomic E-state index is 13.1. The largest absolute Gasteiger partial charge is 0.467 e. The number of aromatic nitrogens is 2. The first kappa shape index (κ1) is 20.5. The van der Waals surface area contributed by atoms with Gasteiger partial charge in [-0.15, -0.1) is 0 Å². The molecule has 1 amide bonds. The molecule has 1 fully saturated rings. The fraction of sp³-hybridized carbons (Fsp3) is 0.538. The molecular formula is C13H16FN3O10. The van der Waals surface area contributed by atoms with Crippen LogP contribution in [0.15, 0.2) is 15.8 Å². The number of nitrogens with one attached hydrogen (secondary N) is 2. The summed E-state index contributed by atoms with van der Waals surface area (Å²) < 4.78 is 27.7. The van der Waals surface area contributed by atoms with E-state index in [1.54, 1.807) is 4.98 Å². The molecule has 2 rings (SSSR count). The summed E-state index contributed by atoms with van der Waals surface area (Å²) in [4.78, 5) is 47.3. The predicted octanol–water partition coefficient (Wildman–Crippen LogP) is -3.66. The van der Waals surface area contributed by atoms with E-state index in [1.807, 2.05) is 5.32 Å². The molecule has 1 aliphatic heterocycles. The van der Waals surface area contributed by atoms with Crippen LogP contribution in [0.1, 0.15) is 0 Å². The first-order valence-corrected chi connectivity index (χ1v) is 7.37. The predicted molar refractivity (Wildman–Crippen MR) is 79.6 cm³/mol. The Morgan fingerprint density at radius 1 is 1.30 bits per heavy atom. The van der Waals surface area contributed by atoms with Gasteiger partial charge in [0.1, 0.15) is 25.0 Å². The molecule has 2 heterocycles. The number of carbonyl (C=O) groups excluding carboxylic acids is 2. The number of methoxy groups -OCH3 is 1. The lowest BCUT2D eigenvalue weighted by molar-refractivity contribution is -0.279. The Kier molecular flexibility index (Phi) is 6.27. The number of aliphatic hydroxyl groups excluding tert-OH is 3. The molecule has 0 aliphatic carbocycles. The van der Waals surface area contributed by atoms with Gasteiger partial charge in [0.05, 0.1) is 13.3 Å². The van der Waals surface area contributed by atoms with Crippen LogP contribution < -0.4 is 16.6 Å². The third kappa shape index (κ3) is 4.48. The first-order chi connectivity index (χ1) is 12.6. The van der Waals surface area contributed by atoms with Gasteiger partial charge in [-0.05, 0) is 0 Å². The van der Waals surface area contributed by atoms with Crippen LogP contribution in [0.3, 0.4) is 0 Å². The van der Waals surface area contributed by atoms with Crippen molar-refractivity contribution in [2.24, 2.45) is 0 Å². The Morgan fingerprint density at radius 2 is 1.96 bits per heavy atom. The topological polar surface area (TPSA) is 189 Å². The van der Waals surface area contributed by atoms with E-state index in [4.69, 9.17) is 4.74 Å². The highest BCUT2D eigenvalue weighted by molar-refractivity contribution is 5.75. The standard InChI is InChI=1S/C13H16FN3O10/c1-25-10(22)8-6(19)5(18)7(20)11(26-8)27-13(24)15-3-17-2-4(14)9(21)16-12(17)23/h2,5-8,11,18-20H,3H2,1H3,(H,15,24)(H,16,21,23)/t5-,6-,7+,8-,11-/m0/s1. The zero-order chi connectivity index (χ0) is 20.3. The van der Waals surface area contributed by atoms with Crippen LogP contribution in [0, 0.1) is 5.82 Å². The van der Waals surface area contributed by atoms with Crippen molar-refractivity contribution in [1.29, 1.82) is 0 Å². The quantitative estimate of drug-likeness (QED) is 0.319. The van der Waals surface area contributed by atoms with Gasteiger partial charge >= 0.3 is 17.8 Å². The van der Waals surface area contributed by atoms with Crippen molar-refractivity contribution in [1.82, 2.24) is 14.9 Å². The van der Waals surface area contributed by atoms with Crippen molar-refractivity contribution in [2.45, 2.75) is 37.4 Å². The number of amides is 1. The van der Waals surface area contributed by atoms with E-state index in [-0.39, 0.29) is 0 Å². The number of nitrogens with zero attached hydrogens (tertiary/aromatic N) is 1. The minimum atomic E-state index is -1.90. The molecule has 1 saturated heterocycles. The van der Waals surface area contributed by atoms with Crippen LogP contribution in [0.4, 0.5) is 9.18 Å². The van der Waals surface area contributed by atoms with Gasteiger partial charge in [-0.25, -0.2) is 14.4 Å². The van der Waals surface area contributed by atoms with Crippen molar-refractivity contribution in [3.8, 4) is 0 Å². The number of aliphatic hydroxyl groups is 3. The summed E-state index contributed by atoms with van der Waals surface area (Å²) in [5, 5.41) is 31.2. The summed E-state index contributed by atoms with van der Waals surface area (Å²) in [6.45, 7) is -0.625. The molecule has 0 saturated carbocycles. The fourth-order valence-electron chi connectivity index (χ4n) is 2.15. The fourth-order valence-corrected chi connectivity index (χ4v) is 2.15. The van der Waals surface area contributed by atoms with E-state index in [0.29, 0.717) is 10.8 Å². The lowest BCUT2D eigenvalue weighted by Gasteiger charge is -2.38. The van der Waals surface area contributed by atoms with Gasteiger partial charge in [0.25, 0.3) is 5.56 Å². The lowest BCUT2D eigenvalue weighted by Crippen LogP contribution is -2.61. The molecule has 0 unspecified atom stereocenters. The molecule has 1 aromatic rings. The van der Waals surface area contributed by atoms with Gasteiger partial charge in [-0.1, -0.05) is 0 Å². The average Bonchev–Trinajstić information content (AvgIpc) is 2.63. The number of esters is 1. The highest BCUT2D eigenvalue weighted by Gasteiger charge is 2.49. The van der Waals surface area contributed by atoms with E-state index in [1.165, 1.54) is 0 Å². The molecule has 0 radical (unpaired) electrons. The van der Waals surface area contributed by atoms with Crippen molar-refractivity contribution in [2.75, 3.05) is 7.11 Å². The Labute approximate surface area is 148 Å². The number of halogens is 1. The third-order valence-corrected chi connectivity index (χ3v) is 3.59. The van der Waals surface area contributed by atoms with Crippen LogP contribution in [0.5, 0.6) is 0 Å². The monoisotopic (exact) mass is 393 g/mol. The van der Waals surface area contributed by atoms with Crippen LogP contribution in [0.2, 0.25) is 0 Å². The summed E-state index contributed by atoms with van der Waals surface area (Å²) in [6.07, 6.45) is -9.97. The normalized spacial score (nSPS) is 27.7. The van der Waals surface area contributed by atoms with Gasteiger partial charge in [0, 0.05) is 0 Å². The highest BCUT2D eigenvalue weighted by Crippen LogP contribution is 2.23. The second-order valence-electron chi connectivity index (χ2n) is 5.37. The second kappa shape index (κ2) is 8.26. The van der Waals surface area contributed by atoms with E-state index in [0.717, 1.165) is 7.11 Å². The molecule has 1 aromatic heterocycles. The number of alkyl carbamates (subject to hydrolysis) is 1. The molecule has 5 atom stereocenters. The molecule has 14 heteroatoms. The van der Waals surface area contributed by atoms with Gasteiger partial charge in [0.2, 0.25) is 12.1 Å². The highest BCUT2D eigenvalue weighted by atomic mass is 19.1. The van der Waals surface area contributed by atoms with E-state index in [2.05, 4.69) is 9.47 Å². The SMILES string of the molecule is COC(=O)[C@H]1O[C@@H](OC(=O)NCn2cc(F)c(=O)[nH]c2=O)[C@H](O)[C@@H](O)[C@@H]1O. The Morgan fingerprint density at radius 3 is 2.59 bits per heavy atom. The maximum absolute atomic E-state index is 13.1. The summed E-state index contributed by atoms with van der Waals surface area (Å²) in [5.41, 5.74) is -2.25. The van der Waals surface area contributed by atoms with Crippen LogP contribution in [-0.2, 0) is 25.7 Å². The molecule has 1 aliphatic rings. The smallest absolute Gasteiger partial charge is 0.410 e. The zero-order valence-corrected chi connectivity index (χ0v) is 13.7. The van der Waals surface area contributed by atoms with Gasteiger partial charge < -0.3 is 34.8 Å². The molecular weight excluding hydrogens is 377 g/mol. The zero-order valence-electron chi connectivity index (χ0n) is 13.7. The number of H-pyrrole nitrogens is 1. The Bertz CT molecular complexity index is 823. The number of carbonyl (C=O) groups is 2. The van der Waals surface area contributed by atoms with Crippen molar-refractivity contribution >= 4 is 12.1 Å². The number of ether oxygens (including phenoxy) is 3. The molecule has 0 aromatic carbocycles. The molecule has 0 bridgehead atoms. The lowest BCUT2D eigenvalue weighted by atomic mass is 9.99. The van der Waals surface area contributed by atoms with Gasteiger partial charge in [0.15, 0.2) is 6.10 Å². The van der Waals surface area contributed by atoms with Crippen molar-refractivity contribution in [3.05, 3.63) is 32.9 Å². The van der Waals surface area contributed by atoms with E-state index in [9.17, 15) is 38.9 Å². The number of hydrogen-bond acceptors (Lipinski definition) is 10. The first-order valence-electron chi connectivity index (χ1n) is 7.37. The minimum Gasteiger partial charge on any atom is -0.467 e. The van der Waals surface area contributed by atoms with Crippen LogP contribution in [0.25, 0.3) is 0 Å². The molecule has 0 spiro atoms. The molecule has 27 heavy (non-hydrogen) atoms. The minimum absolute atomic E-state index is 0.542. The Balaban J connectivity index is 2.02. The summed E-state index contributed by atoms with van der Waals surface area (Å²) in [7, 11) is 0.986. The third-order valence-electron chi connectivity index (χ3n) is 3.59. The van der Waals surface area contributed by atoms with E-state index >= 15 is 0 Å². The van der Waals surface area contributed by atoms with Crippen LogP contribution in [-0.4, -0.2) is 74.7 Å². The maximum Gasteiger partial charge on any atom is 0.410 e. The summed E-state index contributed by atoms with van der Waals surface area (Å²) >= 11 is 0. The van der Waals surface area contributed by atoms with Crippen molar-refractivity contribution in [3.63, 3.8) is 0 Å².